The highest BCUT2D eigenvalue weighted by Gasteiger charge is 2.16. The molecule has 0 aliphatic heterocycles. The van der Waals surface area contributed by atoms with Crippen molar-refractivity contribution in [2.24, 2.45) is 0 Å². The van der Waals surface area contributed by atoms with E-state index in [4.69, 9.17) is 5.11 Å². The van der Waals surface area contributed by atoms with Crippen LogP contribution in [0.15, 0.2) is 18.2 Å². The molecule has 2 aromatic rings. The summed E-state index contributed by atoms with van der Waals surface area (Å²) in [6.07, 6.45) is 0.117. The number of hydrogen-bond acceptors (Lipinski definition) is 2. The minimum Gasteiger partial charge on any atom is -0.481 e. The Labute approximate surface area is 93.3 Å². The van der Waals surface area contributed by atoms with Crippen molar-refractivity contribution in [3.05, 3.63) is 29.5 Å². The highest BCUT2D eigenvalue weighted by molar-refractivity contribution is 5.85. The molecule has 1 atom stereocenters. The lowest BCUT2D eigenvalue weighted by molar-refractivity contribution is -0.137. The van der Waals surface area contributed by atoms with Crippen molar-refractivity contribution >= 4 is 16.9 Å². The van der Waals surface area contributed by atoms with Crippen LogP contribution in [0.2, 0.25) is 0 Å². The van der Waals surface area contributed by atoms with Gasteiger partial charge in [-0.25, -0.2) is 0 Å². The monoisotopic (exact) mass is 218 g/mol. The number of rotatable bonds is 3. The Hall–Kier alpha value is -1.84. The van der Waals surface area contributed by atoms with Crippen molar-refractivity contribution in [2.45, 2.75) is 26.2 Å². The first kappa shape index (κ1) is 10.7. The van der Waals surface area contributed by atoms with Gasteiger partial charge in [-0.15, -0.1) is 0 Å². The largest absolute Gasteiger partial charge is 0.481 e. The molecule has 0 aliphatic rings. The van der Waals surface area contributed by atoms with E-state index in [2.05, 4.69) is 10.2 Å². The van der Waals surface area contributed by atoms with Crippen molar-refractivity contribution in [1.82, 2.24) is 10.2 Å². The van der Waals surface area contributed by atoms with E-state index >= 15 is 0 Å². The molecule has 0 aliphatic carbocycles. The molecule has 4 heteroatoms. The number of hydrogen-bond donors (Lipinski definition) is 2. The third kappa shape index (κ3) is 1.78. The normalized spacial score (nSPS) is 12.9. The molecule has 1 aromatic carbocycles. The Morgan fingerprint density at radius 1 is 1.56 bits per heavy atom. The van der Waals surface area contributed by atoms with Gasteiger partial charge in [0.05, 0.1) is 11.9 Å². The van der Waals surface area contributed by atoms with Gasteiger partial charge in [-0.1, -0.05) is 19.1 Å². The molecule has 0 amide bonds. The molecule has 0 fully saturated rings. The van der Waals surface area contributed by atoms with Crippen LogP contribution in [0, 0.1) is 6.92 Å². The molecule has 0 saturated carbocycles. The number of H-pyrrole nitrogens is 1. The molecule has 0 spiro atoms. The maximum Gasteiger partial charge on any atom is 0.304 e. The lowest BCUT2D eigenvalue weighted by Crippen LogP contribution is -2.03. The first-order chi connectivity index (χ1) is 7.59. The van der Waals surface area contributed by atoms with Gasteiger partial charge in [-0.2, -0.15) is 5.10 Å². The SMILES string of the molecule is Cc1cccc2n[nH]c(C(C)CC(=O)O)c12. The molecule has 1 unspecified atom stereocenters. The molecule has 1 heterocycles. The fourth-order valence-electron chi connectivity index (χ4n) is 1.99. The smallest absolute Gasteiger partial charge is 0.304 e. The van der Waals surface area contributed by atoms with Crippen LogP contribution in [0.3, 0.4) is 0 Å². The number of fused-ring (bicyclic) bond motifs is 1. The maximum absolute atomic E-state index is 10.7. The number of aromatic nitrogens is 2. The van der Waals surface area contributed by atoms with Crippen LogP contribution in [0.5, 0.6) is 0 Å². The Bertz CT molecular complexity index is 531. The van der Waals surface area contributed by atoms with Gasteiger partial charge in [0.15, 0.2) is 0 Å². The highest BCUT2D eigenvalue weighted by Crippen LogP contribution is 2.27. The Kier molecular flexibility index (Phi) is 2.64. The van der Waals surface area contributed by atoms with E-state index in [1.54, 1.807) is 0 Å². The summed E-state index contributed by atoms with van der Waals surface area (Å²) in [5.74, 6) is -0.840. The molecule has 0 saturated heterocycles. The standard InChI is InChI=1S/C12H14N2O2/c1-7-4-3-5-9-11(7)12(14-13-9)8(2)6-10(15)16/h3-5,8H,6H2,1-2H3,(H,13,14)(H,15,16). The third-order valence-electron chi connectivity index (χ3n) is 2.79. The number of benzene rings is 1. The first-order valence-electron chi connectivity index (χ1n) is 5.25. The number of aryl methyl sites for hydroxylation is 1. The number of nitrogens with one attached hydrogen (secondary N) is 1. The second kappa shape index (κ2) is 3.96. The van der Waals surface area contributed by atoms with Crippen LogP contribution in [0.25, 0.3) is 10.9 Å². The molecule has 2 N–H and O–H groups in total. The summed E-state index contributed by atoms with van der Waals surface area (Å²) < 4.78 is 0. The van der Waals surface area contributed by atoms with Gasteiger partial charge in [-0.3, -0.25) is 9.89 Å². The van der Waals surface area contributed by atoms with E-state index in [0.717, 1.165) is 22.2 Å². The van der Waals surface area contributed by atoms with Gasteiger partial charge in [0.25, 0.3) is 0 Å². The van der Waals surface area contributed by atoms with E-state index in [9.17, 15) is 4.79 Å². The van der Waals surface area contributed by atoms with Gasteiger partial charge in [0, 0.05) is 17.0 Å². The summed E-state index contributed by atoms with van der Waals surface area (Å²) in [7, 11) is 0. The number of carboxylic acids is 1. The summed E-state index contributed by atoms with van der Waals surface area (Å²) in [4.78, 5) is 10.7. The number of aliphatic carboxylic acids is 1. The molecular formula is C12H14N2O2. The summed E-state index contributed by atoms with van der Waals surface area (Å²) in [6.45, 7) is 3.91. The van der Waals surface area contributed by atoms with Gasteiger partial charge in [0.1, 0.15) is 0 Å². The molecule has 16 heavy (non-hydrogen) atoms. The zero-order chi connectivity index (χ0) is 11.7. The number of carbonyl (C=O) groups is 1. The lowest BCUT2D eigenvalue weighted by Gasteiger charge is -2.07. The Morgan fingerprint density at radius 3 is 3.00 bits per heavy atom. The van der Waals surface area contributed by atoms with Crippen LogP contribution < -0.4 is 0 Å². The summed E-state index contributed by atoms with van der Waals surface area (Å²) in [5, 5.41) is 17.0. The van der Waals surface area contributed by atoms with Crippen molar-refractivity contribution in [3.63, 3.8) is 0 Å². The average molecular weight is 218 g/mol. The molecule has 1 aromatic heterocycles. The predicted octanol–water partition coefficient (Wildman–Crippen LogP) is 2.45. The fraction of sp³-hybridized carbons (Fsp3) is 0.333. The Balaban J connectivity index is 2.48. The van der Waals surface area contributed by atoms with Crippen LogP contribution in [-0.2, 0) is 4.79 Å². The predicted molar refractivity (Wildman–Crippen MR) is 61.5 cm³/mol. The van der Waals surface area contributed by atoms with Crippen molar-refractivity contribution in [3.8, 4) is 0 Å². The first-order valence-corrected chi connectivity index (χ1v) is 5.25. The van der Waals surface area contributed by atoms with Gasteiger partial charge >= 0.3 is 5.97 Å². The zero-order valence-electron chi connectivity index (χ0n) is 9.32. The topological polar surface area (TPSA) is 66.0 Å². The van der Waals surface area contributed by atoms with E-state index in [1.165, 1.54) is 0 Å². The lowest BCUT2D eigenvalue weighted by atomic mass is 9.98. The average Bonchev–Trinajstić information content (AvgIpc) is 2.61. The van der Waals surface area contributed by atoms with Crippen LogP contribution in [0.1, 0.15) is 30.5 Å². The van der Waals surface area contributed by atoms with Crippen molar-refractivity contribution in [1.29, 1.82) is 0 Å². The quantitative estimate of drug-likeness (QED) is 0.831. The maximum atomic E-state index is 10.7. The van der Waals surface area contributed by atoms with Crippen molar-refractivity contribution in [2.75, 3.05) is 0 Å². The molecule has 0 bridgehead atoms. The number of nitrogens with zero attached hydrogens (tertiary/aromatic N) is 1. The minimum atomic E-state index is -0.788. The fourth-order valence-corrected chi connectivity index (χ4v) is 1.99. The number of aromatic amines is 1. The second-order valence-corrected chi connectivity index (χ2v) is 4.11. The van der Waals surface area contributed by atoms with Crippen molar-refractivity contribution < 1.29 is 9.90 Å². The summed E-state index contributed by atoms with van der Waals surface area (Å²) in [6, 6.07) is 5.88. The highest BCUT2D eigenvalue weighted by atomic mass is 16.4. The van der Waals surface area contributed by atoms with E-state index < -0.39 is 5.97 Å². The molecule has 0 radical (unpaired) electrons. The van der Waals surface area contributed by atoms with E-state index in [-0.39, 0.29) is 12.3 Å². The third-order valence-corrected chi connectivity index (χ3v) is 2.79. The Morgan fingerprint density at radius 2 is 2.31 bits per heavy atom. The molecule has 84 valence electrons. The van der Waals surface area contributed by atoms with E-state index in [0.29, 0.717) is 0 Å². The van der Waals surface area contributed by atoms with Crippen LogP contribution >= 0.6 is 0 Å². The summed E-state index contributed by atoms with van der Waals surface area (Å²) in [5.41, 5.74) is 2.93. The number of carboxylic acid groups (broad SMARTS) is 1. The minimum absolute atomic E-state index is 0.0522. The van der Waals surface area contributed by atoms with E-state index in [1.807, 2.05) is 32.0 Å². The van der Waals surface area contributed by atoms with Gasteiger partial charge in [0.2, 0.25) is 0 Å². The van der Waals surface area contributed by atoms with Gasteiger partial charge < -0.3 is 5.11 Å². The van der Waals surface area contributed by atoms with Gasteiger partial charge in [-0.05, 0) is 18.6 Å². The second-order valence-electron chi connectivity index (χ2n) is 4.11. The summed E-state index contributed by atoms with van der Waals surface area (Å²) >= 11 is 0. The molecule has 4 nitrogen and oxygen atoms in total. The van der Waals surface area contributed by atoms with Crippen LogP contribution in [-0.4, -0.2) is 21.3 Å². The molecular weight excluding hydrogens is 204 g/mol. The molecule has 2 rings (SSSR count). The van der Waals surface area contributed by atoms with Crippen LogP contribution in [0.4, 0.5) is 0 Å². The zero-order valence-corrected chi connectivity index (χ0v) is 9.32.